The zero-order chi connectivity index (χ0) is 16.1. The van der Waals surface area contributed by atoms with Crippen LogP contribution in [-0.2, 0) is 16.1 Å². The van der Waals surface area contributed by atoms with E-state index in [0.717, 1.165) is 17.1 Å². The van der Waals surface area contributed by atoms with Gasteiger partial charge in [-0.05, 0) is 18.4 Å². The number of thiophene rings is 1. The van der Waals surface area contributed by atoms with Crippen molar-refractivity contribution in [3.05, 3.63) is 50.5 Å². The van der Waals surface area contributed by atoms with Crippen LogP contribution in [0.5, 0.6) is 0 Å². The van der Waals surface area contributed by atoms with Gasteiger partial charge < -0.3 is 15.0 Å². The molecule has 0 saturated heterocycles. The minimum atomic E-state index is -1.00. The lowest BCUT2D eigenvalue weighted by molar-refractivity contribution is -0.384. The van der Waals surface area contributed by atoms with Gasteiger partial charge in [-0.1, -0.05) is 6.07 Å². The molecular weight excluding hydrogens is 310 g/mol. The first-order chi connectivity index (χ1) is 10.5. The summed E-state index contributed by atoms with van der Waals surface area (Å²) >= 11 is 1.50. The van der Waals surface area contributed by atoms with Gasteiger partial charge in [0.1, 0.15) is 5.69 Å². The molecule has 0 aromatic carbocycles. The molecule has 0 spiro atoms. The molecule has 1 atom stereocenters. The van der Waals surface area contributed by atoms with Crippen LogP contribution in [0.3, 0.4) is 0 Å². The van der Waals surface area contributed by atoms with Crippen LogP contribution in [0.4, 0.5) is 5.69 Å². The zero-order valence-electron chi connectivity index (χ0n) is 11.6. The van der Waals surface area contributed by atoms with Crippen molar-refractivity contribution in [2.75, 3.05) is 0 Å². The molecule has 0 unspecified atom stereocenters. The standard InChI is InChI=1S/C13H13N3O5S/c1-8(12(17)15-7-10-3-2-4-22-10)21-13(18)11-5-9(6-14-11)16(19)20/h2-6,8,14H,7H2,1H3,(H,15,17)/t8-/m0/s1. The molecule has 1 amide bonds. The summed E-state index contributed by atoms with van der Waals surface area (Å²) in [4.78, 5) is 36.9. The number of hydrogen-bond acceptors (Lipinski definition) is 6. The van der Waals surface area contributed by atoms with Crippen molar-refractivity contribution in [1.29, 1.82) is 0 Å². The van der Waals surface area contributed by atoms with Crippen molar-refractivity contribution < 1.29 is 19.2 Å². The molecule has 8 nitrogen and oxygen atoms in total. The van der Waals surface area contributed by atoms with Crippen molar-refractivity contribution in [3.63, 3.8) is 0 Å². The fourth-order valence-corrected chi connectivity index (χ4v) is 2.26. The third kappa shape index (κ3) is 3.92. The average Bonchev–Trinajstić information content (AvgIpc) is 3.15. The Hall–Kier alpha value is -2.68. The first-order valence-electron chi connectivity index (χ1n) is 6.31. The zero-order valence-corrected chi connectivity index (χ0v) is 12.4. The number of amides is 1. The molecule has 2 rings (SSSR count). The van der Waals surface area contributed by atoms with E-state index in [4.69, 9.17) is 4.74 Å². The maximum absolute atomic E-state index is 11.8. The molecule has 0 bridgehead atoms. The molecule has 2 N–H and O–H groups in total. The van der Waals surface area contributed by atoms with E-state index in [1.54, 1.807) is 0 Å². The number of nitrogens with zero attached hydrogens (tertiary/aromatic N) is 1. The fraction of sp³-hybridized carbons (Fsp3) is 0.231. The summed E-state index contributed by atoms with van der Waals surface area (Å²) in [6, 6.07) is 4.80. The maximum atomic E-state index is 11.8. The Morgan fingerprint density at radius 1 is 1.55 bits per heavy atom. The van der Waals surface area contributed by atoms with E-state index in [1.807, 2.05) is 17.5 Å². The second kappa shape index (κ2) is 6.85. The van der Waals surface area contributed by atoms with Crippen LogP contribution in [0.2, 0.25) is 0 Å². The summed E-state index contributed by atoms with van der Waals surface area (Å²) < 4.78 is 4.96. The monoisotopic (exact) mass is 323 g/mol. The Bertz CT molecular complexity index is 680. The number of nitrogens with one attached hydrogen (secondary N) is 2. The van der Waals surface area contributed by atoms with Gasteiger partial charge in [-0.2, -0.15) is 0 Å². The molecule has 2 aromatic heterocycles. The van der Waals surface area contributed by atoms with Gasteiger partial charge in [0.2, 0.25) is 0 Å². The number of nitro groups is 1. The van der Waals surface area contributed by atoms with Gasteiger partial charge in [-0.15, -0.1) is 11.3 Å². The van der Waals surface area contributed by atoms with Gasteiger partial charge in [0.15, 0.2) is 6.10 Å². The minimum Gasteiger partial charge on any atom is -0.448 e. The largest absolute Gasteiger partial charge is 0.448 e. The number of hydrogen-bond donors (Lipinski definition) is 2. The van der Waals surface area contributed by atoms with Crippen molar-refractivity contribution in [1.82, 2.24) is 10.3 Å². The lowest BCUT2D eigenvalue weighted by Gasteiger charge is -2.12. The second-order valence-electron chi connectivity index (χ2n) is 4.37. The van der Waals surface area contributed by atoms with Gasteiger partial charge >= 0.3 is 5.97 Å². The Kier molecular flexibility index (Phi) is 4.89. The van der Waals surface area contributed by atoms with E-state index in [0.29, 0.717) is 6.54 Å². The smallest absolute Gasteiger partial charge is 0.355 e. The highest BCUT2D eigenvalue weighted by molar-refractivity contribution is 7.09. The Labute approximate surface area is 129 Å². The first-order valence-corrected chi connectivity index (χ1v) is 7.19. The van der Waals surface area contributed by atoms with Crippen LogP contribution in [0, 0.1) is 10.1 Å². The number of aromatic nitrogens is 1. The molecule has 2 aromatic rings. The molecule has 0 fully saturated rings. The van der Waals surface area contributed by atoms with Gasteiger partial charge in [0.05, 0.1) is 17.7 Å². The van der Waals surface area contributed by atoms with E-state index >= 15 is 0 Å². The van der Waals surface area contributed by atoms with E-state index in [9.17, 15) is 19.7 Å². The molecule has 0 aliphatic rings. The number of esters is 1. The van der Waals surface area contributed by atoms with Crippen LogP contribution in [0.15, 0.2) is 29.8 Å². The summed E-state index contributed by atoms with van der Waals surface area (Å²) in [5.41, 5.74) is -0.327. The van der Waals surface area contributed by atoms with E-state index in [2.05, 4.69) is 10.3 Å². The van der Waals surface area contributed by atoms with Crippen LogP contribution in [0.1, 0.15) is 22.3 Å². The quantitative estimate of drug-likeness (QED) is 0.478. The number of carbonyl (C=O) groups excluding carboxylic acids is 2. The third-order valence-corrected chi connectivity index (χ3v) is 3.64. The summed E-state index contributed by atoms with van der Waals surface area (Å²) in [5.74, 6) is -1.27. The second-order valence-corrected chi connectivity index (χ2v) is 5.41. The SMILES string of the molecule is C[C@H](OC(=O)c1cc([N+](=O)[O-])c[nH]1)C(=O)NCc1cccs1. The van der Waals surface area contributed by atoms with Crippen molar-refractivity contribution in [2.45, 2.75) is 19.6 Å². The molecule has 2 heterocycles. The number of ether oxygens (including phenoxy) is 1. The number of carbonyl (C=O) groups is 2. The van der Waals surface area contributed by atoms with Crippen molar-refractivity contribution >= 4 is 28.9 Å². The summed E-state index contributed by atoms with van der Waals surface area (Å²) in [5, 5.41) is 15.1. The summed E-state index contributed by atoms with van der Waals surface area (Å²) in [6.07, 6.45) is 0.0767. The van der Waals surface area contributed by atoms with Crippen LogP contribution in [-0.4, -0.2) is 27.9 Å². The molecule has 0 aliphatic heterocycles. The Morgan fingerprint density at radius 3 is 2.91 bits per heavy atom. The van der Waals surface area contributed by atoms with E-state index in [-0.39, 0.29) is 11.4 Å². The highest BCUT2D eigenvalue weighted by atomic mass is 32.1. The third-order valence-electron chi connectivity index (χ3n) is 2.77. The Balaban J connectivity index is 1.86. The number of H-pyrrole nitrogens is 1. The molecule has 0 aliphatic carbocycles. The molecule has 22 heavy (non-hydrogen) atoms. The van der Waals surface area contributed by atoms with Crippen LogP contribution < -0.4 is 5.32 Å². The Morgan fingerprint density at radius 2 is 2.32 bits per heavy atom. The highest BCUT2D eigenvalue weighted by Gasteiger charge is 2.21. The molecular formula is C13H13N3O5S. The predicted octanol–water partition coefficient (Wildman–Crippen LogP) is 1.85. The van der Waals surface area contributed by atoms with Gasteiger partial charge in [0, 0.05) is 10.9 Å². The molecule has 9 heteroatoms. The van der Waals surface area contributed by atoms with E-state index < -0.39 is 22.9 Å². The van der Waals surface area contributed by atoms with Gasteiger partial charge in [0.25, 0.3) is 11.6 Å². The van der Waals surface area contributed by atoms with Crippen LogP contribution >= 0.6 is 11.3 Å². The minimum absolute atomic E-state index is 0.0791. The normalized spacial score (nSPS) is 11.7. The lowest BCUT2D eigenvalue weighted by Crippen LogP contribution is -2.35. The highest BCUT2D eigenvalue weighted by Crippen LogP contribution is 2.13. The maximum Gasteiger partial charge on any atom is 0.355 e. The number of rotatable bonds is 6. The molecule has 0 radical (unpaired) electrons. The topological polar surface area (TPSA) is 114 Å². The van der Waals surface area contributed by atoms with Crippen molar-refractivity contribution in [2.24, 2.45) is 0 Å². The summed E-state index contributed by atoms with van der Waals surface area (Å²) in [7, 11) is 0. The summed E-state index contributed by atoms with van der Waals surface area (Å²) in [6.45, 7) is 1.78. The van der Waals surface area contributed by atoms with E-state index in [1.165, 1.54) is 18.3 Å². The fourth-order valence-electron chi connectivity index (χ4n) is 1.61. The van der Waals surface area contributed by atoms with Gasteiger partial charge in [-0.3, -0.25) is 14.9 Å². The predicted molar refractivity (Wildman–Crippen MR) is 78.5 cm³/mol. The van der Waals surface area contributed by atoms with Crippen LogP contribution in [0.25, 0.3) is 0 Å². The molecule has 116 valence electrons. The van der Waals surface area contributed by atoms with Gasteiger partial charge in [-0.25, -0.2) is 4.79 Å². The van der Waals surface area contributed by atoms with Crippen molar-refractivity contribution in [3.8, 4) is 0 Å². The average molecular weight is 323 g/mol. The molecule has 0 saturated carbocycles. The number of aromatic amines is 1. The first kappa shape index (κ1) is 15.7. The lowest BCUT2D eigenvalue weighted by atomic mass is 10.3.